The van der Waals surface area contributed by atoms with Gasteiger partial charge in [0.05, 0.1) is 4.92 Å². The number of ether oxygens (including phenoxy) is 2. The van der Waals surface area contributed by atoms with Crippen LogP contribution in [0, 0.1) is 10.1 Å². The number of alkyl halides is 2. The highest BCUT2D eigenvalue weighted by Gasteiger charge is 2.20. The van der Waals surface area contributed by atoms with Gasteiger partial charge >= 0.3 is 12.6 Å². The molecule has 126 valence electrons. The summed E-state index contributed by atoms with van der Waals surface area (Å²) in [4.78, 5) is 22.4. The highest BCUT2D eigenvalue weighted by Crippen LogP contribution is 2.26. The standard InChI is InChI=1S/C16H13F2NO5/c1-10(11-5-4-6-12(9-11)19(21)22)23-15(20)13-7-2-3-8-14(13)24-16(17)18/h2-10,16H,1H3. The molecule has 0 fully saturated rings. The summed E-state index contributed by atoms with van der Waals surface area (Å²) < 4.78 is 34.2. The molecule has 2 rings (SSSR count). The van der Waals surface area contributed by atoms with E-state index in [-0.39, 0.29) is 17.0 Å². The van der Waals surface area contributed by atoms with Gasteiger partial charge in [0.1, 0.15) is 17.4 Å². The third kappa shape index (κ3) is 4.25. The van der Waals surface area contributed by atoms with Gasteiger partial charge in [-0.2, -0.15) is 8.78 Å². The fourth-order valence-electron chi connectivity index (χ4n) is 2.02. The molecule has 6 nitrogen and oxygen atoms in total. The molecule has 0 N–H and O–H groups in total. The number of hydrogen-bond donors (Lipinski definition) is 0. The number of nitro benzene ring substituents is 1. The van der Waals surface area contributed by atoms with Crippen LogP contribution in [0.2, 0.25) is 0 Å². The SMILES string of the molecule is CC(OC(=O)c1ccccc1OC(F)F)c1cccc([N+](=O)[O-])c1. The van der Waals surface area contributed by atoms with Gasteiger partial charge in [0.2, 0.25) is 0 Å². The average molecular weight is 337 g/mol. The van der Waals surface area contributed by atoms with Gasteiger partial charge in [0, 0.05) is 12.1 Å². The molecule has 1 atom stereocenters. The van der Waals surface area contributed by atoms with Gasteiger partial charge < -0.3 is 9.47 Å². The summed E-state index contributed by atoms with van der Waals surface area (Å²) >= 11 is 0. The van der Waals surface area contributed by atoms with Crippen LogP contribution in [0.4, 0.5) is 14.5 Å². The summed E-state index contributed by atoms with van der Waals surface area (Å²) in [6.07, 6.45) is -0.808. The molecule has 0 aliphatic carbocycles. The number of halogens is 2. The van der Waals surface area contributed by atoms with E-state index >= 15 is 0 Å². The van der Waals surface area contributed by atoms with Crippen molar-refractivity contribution in [3.05, 3.63) is 69.8 Å². The molecule has 0 radical (unpaired) electrons. The lowest BCUT2D eigenvalue weighted by Gasteiger charge is -2.15. The first kappa shape index (κ1) is 17.3. The second kappa shape index (κ2) is 7.49. The number of carbonyl (C=O) groups excluding carboxylic acids is 1. The molecular formula is C16H13F2NO5. The number of nitro groups is 1. The molecule has 8 heteroatoms. The van der Waals surface area contributed by atoms with Crippen molar-refractivity contribution in [1.82, 2.24) is 0 Å². The van der Waals surface area contributed by atoms with Crippen molar-refractivity contribution < 1.29 is 28.0 Å². The first-order valence-electron chi connectivity index (χ1n) is 6.87. The number of non-ortho nitro benzene ring substituents is 1. The van der Waals surface area contributed by atoms with Gasteiger partial charge in [0.25, 0.3) is 5.69 Å². The minimum atomic E-state index is -3.08. The Morgan fingerprint density at radius 3 is 2.54 bits per heavy atom. The van der Waals surface area contributed by atoms with E-state index in [1.807, 2.05) is 0 Å². The van der Waals surface area contributed by atoms with Gasteiger partial charge in [-0.15, -0.1) is 0 Å². The highest BCUT2D eigenvalue weighted by molar-refractivity contribution is 5.92. The van der Waals surface area contributed by atoms with Crippen molar-refractivity contribution in [2.24, 2.45) is 0 Å². The van der Waals surface area contributed by atoms with Crippen LogP contribution in [0.15, 0.2) is 48.5 Å². The summed E-state index contributed by atoms with van der Waals surface area (Å²) in [5.41, 5.74) is 0.108. The summed E-state index contributed by atoms with van der Waals surface area (Å²) in [6, 6.07) is 11.0. The minimum Gasteiger partial charge on any atom is -0.454 e. The second-order valence-electron chi connectivity index (χ2n) is 4.77. The zero-order valence-corrected chi connectivity index (χ0v) is 12.5. The Labute approximate surface area is 135 Å². The van der Waals surface area contributed by atoms with Crippen molar-refractivity contribution in [2.45, 2.75) is 19.6 Å². The summed E-state index contributed by atoms with van der Waals surface area (Å²) in [5.74, 6) is -1.17. The van der Waals surface area contributed by atoms with E-state index in [2.05, 4.69) is 4.74 Å². The first-order valence-corrected chi connectivity index (χ1v) is 6.87. The normalized spacial score (nSPS) is 11.8. The maximum absolute atomic E-state index is 12.4. The monoisotopic (exact) mass is 337 g/mol. The van der Waals surface area contributed by atoms with Crippen LogP contribution in [-0.2, 0) is 4.74 Å². The molecule has 0 amide bonds. The molecule has 0 heterocycles. The third-order valence-electron chi connectivity index (χ3n) is 3.16. The van der Waals surface area contributed by atoms with E-state index in [0.29, 0.717) is 5.56 Å². The lowest BCUT2D eigenvalue weighted by atomic mass is 10.1. The Morgan fingerprint density at radius 1 is 1.17 bits per heavy atom. The Kier molecular flexibility index (Phi) is 5.41. The molecule has 24 heavy (non-hydrogen) atoms. The topological polar surface area (TPSA) is 78.7 Å². The summed E-state index contributed by atoms with van der Waals surface area (Å²) in [5, 5.41) is 10.8. The summed E-state index contributed by atoms with van der Waals surface area (Å²) in [7, 11) is 0. The second-order valence-corrected chi connectivity index (χ2v) is 4.77. The van der Waals surface area contributed by atoms with Gasteiger partial charge in [-0.3, -0.25) is 10.1 Å². The largest absolute Gasteiger partial charge is 0.454 e. The molecule has 0 bridgehead atoms. The Bertz CT molecular complexity index is 751. The van der Waals surface area contributed by atoms with Gasteiger partial charge in [-0.25, -0.2) is 4.79 Å². The Balaban J connectivity index is 2.18. The highest BCUT2D eigenvalue weighted by atomic mass is 19.3. The molecule has 0 saturated carbocycles. The van der Waals surface area contributed by atoms with Crippen molar-refractivity contribution >= 4 is 11.7 Å². The smallest absolute Gasteiger partial charge is 0.387 e. The number of rotatable bonds is 6. The number of para-hydroxylation sites is 1. The molecule has 0 saturated heterocycles. The van der Waals surface area contributed by atoms with Crippen LogP contribution < -0.4 is 4.74 Å². The molecule has 0 aliphatic rings. The lowest BCUT2D eigenvalue weighted by molar-refractivity contribution is -0.385. The number of esters is 1. The molecular weight excluding hydrogens is 324 g/mol. The summed E-state index contributed by atoms with van der Waals surface area (Å²) in [6.45, 7) is -1.55. The van der Waals surface area contributed by atoms with Crippen molar-refractivity contribution in [3.63, 3.8) is 0 Å². The zero-order chi connectivity index (χ0) is 17.7. The lowest BCUT2D eigenvalue weighted by Crippen LogP contribution is -2.12. The van der Waals surface area contributed by atoms with Crippen LogP contribution in [0.25, 0.3) is 0 Å². The van der Waals surface area contributed by atoms with E-state index in [4.69, 9.17) is 4.74 Å². The fourth-order valence-corrected chi connectivity index (χ4v) is 2.02. The van der Waals surface area contributed by atoms with Crippen molar-refractivity contribution in [3.8, 4) is 5.75 Å². The maximum atomic E-state index is 12.4. The molecule has 0 aromatic heterocycles. The van der Waals surface area contributed by atoms with Crippen molar-refractivity contribution in [1.29, 1.82) is 0 Å². The van der Waals surface area contributed by atoms with E-state index in [1.54, 1.807) is 6.07 Å². The van der Waals surface area contributed by atoms with Crippen molar-refractivity contribution in [2.75, 3.05) is 0 Å². The number of nitrogens with zero attached hydrogens (tertiary/aromatic N) is 1. The van der Waals surface area contributed by atoms with Crippen LogP contribution in [0.3, 0.4) is 0 Å². The maximum Gasteiger partial charge on any atom is 0.387 e. The van der Waals surface area contributed by atoms with Crippen LogP contribution >= 0.6 is 0 Å². The Hall–Kier alpha value is -3.03. The molecule has 0 aliphatic heterocycles. The predicted molar refractivity (Wildman–Crippen MR) is 80.0 cm³/mol. The van der Waals surface area contributed by atoms with E-state index < -0.39 is 23.6 Å². The third-order valence-corrected chi connectivity index (χ3v) is 3.16. The molecule has 1 unspecified atom stereocenters. The van der Waals surface area contributed by atoms with Crippen LogP contribution in [-0.4, -0.2) is 17.5 Å². The van der Waals surface area contributed by atoms with Crippen LogP contribution in [0.5, 0.6) is 5.75 Å². The predicted octanol–water partition coefficient (Wildman–Crippen LogP) is 4.11. The van der Waals surface area contributed by atoms with E-state index in [9.17, 15) is 23.7 Å². The quantitative estimate of drug-likeness (QED) is 0.450. The molecule has 0 spiro atoms. The zero-order valence-electron chi connectivity index (χ0n) is 12.5. The van der Waals surface area contributed by atoms with Gasteiger partial charge in [0.15, 0.2) is 0 Å². The van der Waals surface area contributed by atoms with Gasteiger partial charge in [-0.1, -0.05) is 24.3 Å². The number of hydrogen-bond acceptors (Lipinski definition) is 5. The molecule has 2 aromatic rings. The van der Waals surface area contributed by atoms with E-state index in [0.717, 1.165) is 0 Å². The molecule has 2 aromatic carbocycles. The van der Waals surface area contributed by atoms with E-state index in [1.165, 1.54) is 49.4 Å². The Morgan fingerprint density at radius 2 is 1.88 bits per heavy atom. The fraction of sp³-hybridized carbons (Fsp3) is 0.188. The average Bonchev–Trinajstić information content (AvgIpc) is 2.54. The minimum absolute atomic E-state index is 0.142. The number of benzene rings is 2. The van der Waals surface area contributed by atoms with Gasteiger partial charge in [-0.05, 0) is 24.6 Å². The van der Waals surface area contributed by atoms with Crippen LogP contribution in [0.1, 0.15) is 28.9 Å². The number of carbonyl (C=O) groups is 1. The first-order chi connectivity index (χ1) is 11.4.